The van der Waals surface area contributed by atoms with Crippen LogP contribution in [0.15, 0.2) is 42.5 Å². The largest absolute Gasteiger partial charge is 0.494 e. The van der Waals surface area contributed by atoms with Crippen molar-refractivity contribution in [2.45, 2.75) is 20.3 Å². The van der Waals surface area contributed by atoms with Crippen LogP contribution in [-0.2, 0) is 0 Å². The molecule has 2 heterocycles. The molecule has 4 rings (SSSR count). The van der Waals surface area contributed by atoms with Crippen molar-refractivity contribution >= 4 is 23.2 Å². The fourth-order valence-electron chi connectivity index (χ4n) is 4.15. The highest BCUT2D eigenvalue weighted by molar-refractivity contribution is 6.32. The Labute approximate surface area is 210 Å². The van der Waals surface area contributed by atoms with Gasteiger partial charge in [-0.3, -0.25) is 4.79 Å². The second-order valence-corrected chi connectivity index (χ2v) is 9.36. The van der Waals surface area contributed by atoms with Gasteiger partial charge in [-0.1, -0.05) is 11.6 Å². The molecule has 186 valence electrons. The lowest BCUT2D eigenvalue weighted by Gasteiger charge is -2.32. The van der Waals surface area contributed by atoms with Crippen LogP contribution in [0, 0.1) is 19.7 Å². The fourth-order valence-corrected chi connectivity index (χ4v) is 4.44. The van der Waals surface area contributed by atoms with Crippen LogP contribution in [0.1, 0.15) is 28.2 Å². The Morgan fingerprint density at radius 3 is 2.46 bits per heavy atom. The number of carbonyl (C=O) groups is 1. The van der Waals surface area contributed by atoms with Crippen LogP contribution in [-0.4, -0.2) is 71.9 Å². The number of rotatable bonds is 8. The van der Waals surface area contributed by atoms with Crippen LogP contribution < -0.4 is 10.1 Å². The first kappa shape index (κ1) is 25.2. The molecule has 1 saturated heterocycles. The van der Waals surface area contributed by atoms with E-state index in [1.807, 2.05) is 19.9 Å². The third kappa shape index (κ3) is 6.39. The number of piperazine rings is 1. The predicted molar refractivity (Wildman–Crippen MR) is 136 cm³/mol. The smallest absolute Gasteiger partial charge is 0.255 e. The predicted octanol–water partition coefficient (Wildman–Crippen LogP) is 4.55. The molecule has 0 radical (unpaired) electrons. The average molecular weight is 500 g/mol. The third-order valence-electron chi connectivity index (χ3n) is 6.10. The van der Waals surface area contributed by atoms with E-state index in [0.717, 1.165) is 50.5 Å². The maximum atomic E-state index is 14.9. The van der Waals surface area contributed by atoms with Gasteiger partial charge in [0.1, 0.15) is 11.4 Å². The van der Waals surface area contributed by atoms with Gasteiger partial charge in [0.15, 0.2) is 5.82 Å². The van der Waals surface area contributed by atoms with Gasteiger partial charge in [-0.2, -0.15) is 5.10 Å². The first-order valence-corrected chi connectivity index (χ1v) is 12.2. The van der Waals surface area contributed by atoms with E-state index in [2.05, 4.69) is 27.3 Å². The van der Waals surface area contributed by atoms with Crippen LogP contribution in [0.5, 0.6) is 5.75 Å². The zero-order chi connectivity index (χ0) is 24.9. The number of hydrogen-bond donors (Lipinski definition) is 1. The van der Waals surface area contributed by atoms with Gasteiger partial charge >= 0.3 is 0 Å². The minimum absolute atomic E-state index is 0.157. The molecule has 0 unspecified atom stereocenters. The lowest BCUT2D eigenvalue weighted by atomic mass is 10.2. The first-order chi connectivity index (χ1) is 16.8. The highest BCUT2D eigenvalue weighted by Crippen LogP contribution is 2.29. The van der Waals surface area contributed by atoms with Crippen molar-refractivity contribution in [2.24, 2.45) is 0 Å². The highest BCUT2D eigenvalue weighted by atomic mass is 35.5. The molecule has 0 atom stereocenters. The van der Waals surface area contributed by atoms with Crippen molar-refractivity contribution in [1.82, 2.24) is 19.6 Å². The van der Waals surface area contributed by atoms with Crippen molar-refractivity contribution in [3.8, 4) is 11.4 Å². The van der Waals surface area contributed by atoms with Crippen molar-refractivity contribution < 1.29 is 13.9 Å². The summed E-state index contributed by atoms with van der Waals surface area (Å²) in [6.45, 7) is 9.71. The highest BCUT2D eigenvalue weighted by Gasteiger charge is 2.17. The second kappa shape index (κ2) is 11.2. The van der Waals surface area contributed by atoms with E-state index in [4.69, 9.17) is 16.3 Å². The summed E-state index contributed by atoms with van der Waals surface area (Å²) in [4.78, 5) is 17.5. The average Bonchev–Trinajstić information content (AvgIpc) is 3.15. The molecule has 1 amide bonds. The molecule has 35 heavy (non-hydrogen) atoms. The lowest BCUT2D eigenvalue weighted by Crippen LogP contribution is -2.44. The molecule has 1 fully saturated rings. The topological polar surface area (TPSA) is 62.6 Å². The Kier molecular flexibility index (Phi) is 8.05. The van der Waals surface area contributed by atoms with E-state index in [-0.39, 0.29) is 22.3 Å². The van der Waals surface area contributed by atoms with Gasteiger partial charge in [0, 0.05) is 49.7 Å². The van der Waals surface area contributed by atoms with Crippen LogP contribution in [0.2, 0.25) is 5.02 Å². The maximum absolute atomic E-state index is 14.9. The number of benzene rings is 2. The Bertz CT molecular complexity index is 1150. The van der Waals surface area contributed by atoms with E-state index < -0.39 is 5.82 Å². The quantitative estimate of drug-likeness (QED) is 0.461. The summed E-state index contributed by atoms with van der Waals surface area (Å²) < 4.78 is 22.1. The Morgan fingerprint density at radius 1 is 1.11 bits per heavy atom. The monoisotopic (exact) mass is 499 g/mol. The maximum Gasteiger partial charge on any atom is 0.255 e. The molecule has 9 heteroatoms. The van der Waals surface area contributed by atoms with Crippen LogP contribution in [0.3, 0.4) is 0 Å². The van der Waals surface area contributed by atoms with Gasteiger partial charge < -0.3 is 19.9 Å². The van der Waals surface area contributed by atoms with Gasteiger partial charge in [0.05, 0.1) is 17.3 Å². The normalized spacial score (nSPS) is 14.8. The van der Waals surface area contributed by atoms with Gasteiger partial charge in [0.2, 0.25) is 0 Å². The summed E-state index contributed by atoms with van der Waals surface area (Å²) in [7, 11) is 2.15. The number of nitrogens with zero attached hydrogens (tertiary/aromatic N) is 4. The van der Waals surface area contributed by atoms with Gasteiger partial charge in [0.25, 0.3) is 5.91 Å². The summed E-state index contributed by atoms with van der Waals surface area (Å²) in [5, 5.41) is 7.16. The fraction of sp³-hybridized carbons (Fsp3) is 0.385. The van der Waals surface area contributed by atoms with Crippen molar-refractivity contribution in [1.29, 1.82) is 0 Å². The molecule has 2 aromatic carbocycles. The molecular formula is C26H31ClFN5O2. The van der Waals surface area contributed by atoms with Crippen molar-refractivity contribution in [2.75, 3.05) is 51.7 Å². The number of aryl methyl sites for hydroxylation is 2. The van der Waals surface area contributed by atoms with Gasteiger partial charge in [-0.25, -0.2) is 9.07 Å². The molecule has 1 N–H and O–H groups in total. The molecule has 1 aromatic heterocycles. The summed E-state index contributed by atoms with van der Waals surface area (Å²) in [6.07, 6.45) is 0.950. The molecular weight excluding hydrogens is 469 g/mol. The zero-order valence-corrected chi connectivity index (χ0v) is 21.1. The number of ether oxygens (including phenoxy) is 1. The molecule has 3 aromatic rings. The van der Waals surface area contributed by atoms with Gasteiger partial charge in [-0.15, -0.1) is 0 Å². The van der Waals surface area contributed by atoms with E-state index in [1.165, 1.54) is 16.8 Å². The lowest BCUT2D eigenvalue weighted by molar-refractivity contribution is 0.102. The number of carbonyl (C=O) groups excluding carboxylic acids is 1. The molecule has 7 nitrogen and oxygen atoms in total. The number of hydrogen-bond acceptors (Lipinski definition) is 5. The summed E-state index contributed by atoms with van der Waals surface area (Å²) >= 11 is 6.34. The number of amides is 1. The SMILES string of the molecule is Cc1cc(C)n(-c2c(F)cc(NC(=O)c3ccc(OCCCN4CCN(C)CC4)cc3)cc2Cl)n1. The number of halogens is 2. The van der Waals surface area contributed by atoms with E-state index in [9.17, 15) is 9.18 Å². The molecule has 1 aliphatic heterocycles. The summed E-state index contributed by atoms with van der Waals surface area (Å²) in [5.41, 5.74) is 2.39. The van der Waals surface area contributed by atoms with Crippen molar-refractivity contribution in [3.63, 3.8) is 0 Å². The molecule has 0 saturated carbocycles. The van der Waals surface area contributed by atoms with Crippen LogP contribution in [0.25, 0.3) is 5.69 Å². The first-order valence-electron chi connectivity index (χ1n) is 11.8. The minimum atomic E-state index is -0.570. The van der Waals surface area contributed by atoms with Crippen molar-refractivity contribution in [3.05, 3.63) is 70.3 Å². The number of aromatic nitrogens is 2. The standard InChI is InChI=1S/C26H31ClFN5O2/c1-18-15-19(2)33(30-18)25-23(27)16-21(17-24(25)28)29-26(34)20-5-7-22(8-6-20)35-14-4-9-32-12-10-31(3)11-13-32/h5-8,15-17H,4,9-14H2,1-3H3,(H,29,34). The Morgan fingerprint density at radius 2 is 1.83 bits per heavy atom. The number of likely N-dealkylation sites (N-methyl/N-ethyl adjacent to an activating group) is 1. The number of anilines is 1. The van der Waals surface area contributed by atoms with Crippen LogP contribution in [0.4, 0.5) is 10.1 Å². The third-order valence-corrected chi connectivity index (χ3v) is 6.38. The van der Waals surface area contributed by atoms with Gasteiger partial charge in [-0.05, 0) is 69.8 Å². The Hall–Kier alpha value is -2.94. The van der Waals surface area contributed by atoms with E-state index in [0.29, 0.717) is 17.9 Å². The summed E-state index contributed by atoms with van der Waals surface area (Å²) in [5.74, 6) is -0.219. The van der Waals surface area contributed by atoms with Crippen LogP contribution >= 0.6 is 11.6 Å². The molecule has 0 spiro atoms. The molecule has 0 aliphatic carbocycles. The molecule has 1 aliphatic rings. The van der Waals surface area contributed by atoms with E-state index >= 15 is 0 Å². The zero-order valence-electron chi connectivity index (χ0n) is 20.4. The van der Waals surface area contributed by atoms with E-state index in [1.54, 1.807) is 24.3 Å². The Balaban J connectivity index is 1.31. The minimum Gasteiger partial charge on any atom is -0.494 e. The molecule has 0 bridgehead atoms. The number of nitrogens with one attached hydrogen (secondary N) is 1. The second-order valence-electron chi connectivity index (χ2n) is 8.95. The summed E-state index contributed by atoms with van der Waals surface area (Å²) in [6, 6.07) is 11.5.